The summed E-state index contributed by atoms with van der Waals surface area (Å²) in [6.07, 6.45) is 13.9. The molecule has 1 unspecified atom stereocenters. The van der Waals surface area contributed by atoms with Crippen LogP contribution in [0, 0.1) is 5.92 Å². The summed E-state index contributed by atoms with van der Waals surface area (Å²) in [5, 5.41) is 6.93. The molecular weight excluding hydrogens is 334 g/mol. The second-order valence-corrected chi connectivity index (χ2v) is 8.72. The van der Waals surface area contributed by atoms with E-state index in [0.29, 0.717) is 5.92 Å². The van der Waals surface area contributed by atoms with Crippen LogP contribution in [0.25, 0.3) is 0 Å². The Bertz CT molecular complexity index is 601. The van der Waals surface area contributed by atoms with Gasteiger partial charge in [-0.1, -0.05) is 63.1 Å². The van der Waals surface area contributed by atoms with Gasteiger partial charge in [-0.15, -0.1) is 0 Å². The van der Waals surface area contributed by atoms with Crippen molar-refractivity contribution in [3.8, 4) is 0 Å². The molecule has 4 heteroatoms. The molecule has 4 nitrogen and oxygen atoms in total. The van der Waals surface area contributed by atoms with E-state index >= 15 is 0 Å². The summed E-state index contributed by atoms with van der Waals surface area (Å²) in [5.41, 5.74) is 0.840. The highest BCUT2D eigenvalue weighted by Gasteiger charge is 2.54. The smallest absolute Gasteiger partial charge is 0.247 e. The molecule has 1 atom stereocenters. The van der Waals surface area contributed by atoms with Crippen molar-refractivity contribution in [1.29, 1.82) is 0 Å². The first-order valence-corrected chi connectivity index (χ1v) is 11.2. The lowest BCUT2D eigenvalue weighted by Crippen LogP contribution is -2.57. The Morgan fingerprint density at radius 3 is 2.07 bits per heavy atom. The number of nitrogens with zero attached hydrogens (tertiary/aromatic N) is 1. The number of hydrogen-bond acceptors (Lipinski definition) is 3. The number of hydrogen-bond donors (Lipinski definition) is 2. The van der Waals surface area contributed by atoms with Crippen LogP contribution < -0.4 is 15.5 Å². The zero-order valence-corrected chi connectivity index (χ0v) is 16.6. The van der Waals surface area contributed by atoms with E-state index in [0.717, 1.165) is 25.9 Å². The minimum absolute atomic E-state index is 0.150. The second-order valence-electron chi connectivity index (χ2n) is 8.72. The first-order chi connectivity index (χ1) is 13.3. The van der Waals surface area contributed by atoms with Crippen LogP contribution in [-0.2, 0) is 4.79 Å². The van der Waals surface area contributed by atoms with Crippen LogP contribution in [0.5, 0.6) is 0 Å². The van der Waals surface area contributed by atoms with Gasteiger partial charge < -0.3 is 15.5 Å². The fraction of sp³-hybridized carbons (Fsp3) is 0.696. The van der Waals surface area contributed by atoms with Crippen molar-refractivity contribution in [1.82, 2.24) is 10.6 Å². The van der Waals surface area contributed by atoms with Gasteiger partial charge in [-0.25, -0.2) is 0 Å². The van der Waals surface area contributed by atoms with E-state index in [2.05, 4.69) is 45.9 Å². The Labute approximate surface area is 164 Å². The van der Waals surface area contributed by atoms with E-state index < -0.39 is 0 Å². The van der Waals surface area contributed by atoms with E-state index in [1.54, 1.807) is 0 Å². The topological polar surface area (TPSA) is 44.4 Å². The van der Waals surface area contributed by atoms with Crippen LogP contribution in [0.3, 0.4) is 0 Å². The average molecular weight is 370 g/mol. The maximum absolute atomic E-state index is 13.3. The van der Waals surface area contributed by atoms with Crippen molar-refractivity contribution < 1.29 is 4.79 Å². The highest BCUT2D eigenvalue weighted by atomic mass is 16.2. The third-order valence-electron chi connectivity index (χ3n) is 7.00. The van der Waals surface area contributed by atoms with Gasteiger partial charge in [-0.2, -0.15) is 0 Å². The minimum atomic E-state index is -0.368. The Balaban J connectivity index is 1.64. The number of amides is 1. The van der Waals surface area contributed by atoms with E-state index in [1.165, 1.54) is 63.5 Å². The number of para-hydroxylation sites is 1. The highest BCUT2D eigenvalue weighted by molar-refractivity contribution is 5.94. The summed E-state index contributed by atoms with van der Waals surface area (Å²) in [7, 11) is 0. The SMILES string of the molecule is O=C1NC(C2CCCCCCCCC2)N(c2ccccc2)C12CCNCC2. The Morgan fingerprint density at radius 1 is 0.852 bits per heavy atom. The molecule has 1 spiro atoms. The number of carbonyl (C=O) groups is 1. The lowest BCUT2D eigenvalue weighted by atomic mass is 9.84. The van der Waals surface area contributed by atoms with Gasteiger partial charge >= 0.3 is 0 Å². The van der Waals surface area contributed by atoms with E-state index in [9.17, 15) is 4.79 Å². The van der Waals surface area contributed by atoms with Crippen LogP contribution in [0.1, 0.15) is 70.6 Å². The summed E-state index contributed by atoms with van der Waals surface area (Å²) in [6.45, 7) is 1.85. The Kier molecular flexibility index (Phi) is 6.01. The lowest BCUT2D eigenvalue weighted by molar-refractivity contribution is -0.124. The van der Waals surface area contributed by atoms with Crippen molar-refractivity contribution in [3.63, 3.8) is 0 Å². The van der Waals surface area contributed by atoms with Gasteiger partial charge in [0.1, 0.15) is 11.7 Å². The number of piperidine rings is 1. The predicted molar refractivity (Wildman–Crippen MR) is 111 cm³/mol. The third kappa shape index (κ3) is 3.87. The molecule has 4 rings (SSSR count). The van der Waals surface area contributed by atoms with Crippen LogP contribution in [-0.4, -0.2) is 30.7 Å². The van der Waals surface area contributed by atoms with Crippen LogP contribution in [0.15, 0.2) is 30.3 Å². The molecule has 1 aromatic rings. The Morgan fingerprint density at radius 2 is 1.44 bits per heavy atom. The fourth-order valence-electron chi connectivity index (χ4n) is 5.50. The number of benzene rings is 1. The van der Waals surface area contributed by atoms with E-state index in [-0.39, 0.29) is 17.6 Å². The van der Waals surface area contributed by atoms with Gasteiger partial charge in [0.25, 0.3) is 0 Å². The molecule has 0 aromatic heterocycles. The summed E-state index contributed by atoms with van der Waals surface area (Å²) in [6, 6.07) is 10.7. The fourth-order valence-corrected chi connectivity index (χ4v) is 5.50. The number of anilines is 1. The summed E-state index contributed by atoms with van der Waals surface area (Å²) >= 11 is 0. The van der Waals surface area contributed by atoms with Crippen molar-refractivity contribution in [2.45, 2.75) is 82.3 Å². The highest BCUT2D eigenvalue weighted by Crippen LogP contribution is 2.41. The van der Waals surface area contributed by atoms with Crippen molar-refractivity contribution in [2.24, 2.45) is 5.92 Å². The molecule has 27 heavy (non-hydrogen) atoms. The molecule has 2 N–H and O–H groups in total. The third-order valence-corrected chi connectivity index (χ3v) is 7.00. The average Bonchev–Trinajstić information content (AvgIpc) is 2.99. The van der Waals surface area contributed by atoms with Crippen LogP contribution in [0.2, 0.25) is 0 Å². The van der Waals surface area contributed by atoms with E-state index in [1.807, 2.05) is 0 Å². The summed E-state index contributed by atoms with van der Waals surface area (Å²) < 4.78 is 0. The first kappa shape index (κ1) is 18.8. The van der Waals surface area contributed by atoms with Gasteiger partial charge in [0, 0.05) is 5.69 Å². The molecule has 0 bridgehead atoms. The first-order valence-electron chi connectivity index (χ1n) is 11.2. The van der Waals surface area contributed by atoms with Crippen molar-refractivity contribution in [3.05, 3.63) is 30.3 Å². The lowest BCUT2D eigenvalue weighted by Gasteiger charge is -2.44. The quantitative estimate of drug-likeness (QED) is 0.821. The zero-order chi connectivity index (χ0) is 18.5. The molecule has 2 saturated heterocycles. The maximum atomic E-state index is 13.3. The number of nitrogens with one attached hydrogen (secondary N) is 2. The van der Waals surface area contributed by atoms with Gasteiger partial charge in [0.15, 0.2) is 0 Å². The largest absolute Gasteiger partial charge is 0.336 e. The molecule has 1 aromatic carbocycles. The summed E-state index contributed by atoms with van der Waals surface area (Å²) in [4.78, 5) is 15.8. The maximum Gasteiger partial charge on any atom is 0.247 e. The monoisotopic (exact) mass is 369 g/mol. The molecule has 2 heterocycles. The standard InChI is InChI=1S/C23H35N3O/c27-22-23(15-17-24-18-16-23)26(20-13-9-6-10-14-20)21(25-22)19-11-7-4-2-1-3-5-8-12-19/h6,9-10,13-14,19,21,24H,1-5,7-8,11-12,15-18H2,(H,25,27). The van der Waals surface area contributed by atoms with E-state index in [4.69, 9.17) is 0 Å². The van der Waals surface area contributed by atoms with Gasteiger partial charge in [0.05, 0.1) is 0 Å². The number of carbonyl (C=O) groups excluding carboxylic acids is 1. The van der Waals surface area contributed by atoms with Crippen LogP contribution in [0.4, 0.5) is 5.69 Å². The molecule has 2 aliphatic heterocycles. The predicted octanol–water partition coefficient (Wildman–Crippen LogP) is 4.21. The van der Waals surface area contributed by atoms with Crippen LogP contribution >= 0.6 is 0 Å². The van der Waals surface area contributed by atoms with Gasteiger partial charge in [-0.05, 0) is 56.8 Å². The van der Waals surface area contributed by atoms with Crippen molar-refractivity contribution >= 4 is 11.6 Å². The second kappa shape index (κ2) is 8.64. The van der Waals surface area contributed by atoms with Crippen molar-refractivity contribution in [2.75, 3.05) is 18.0 Å². The zero-order valence-electron chi connectivity index (χ0n) is 16.6. The molecule has 3 fully saturated rings. The minimum Gasteiger partial charge on any atom is -0.336 e. The van der Waals surface area contributed by atoms with Gasteiger partial charge in [-0.3, -0.25) is 4.79 Å². The Hall–Kier alpha value is -1.55. The molecule has 1 aliphatic carbocycles. The van der Waals surface area contributed by atoms with Gasteiger partial charge in [0.2, 0.25) is 5.91 Å². The molecule has 3 aliphatic rings. The molecule has 0 radical (unpaired) electrons. The molecule has 1 amide bonds. The molecular formula is C23H35N3O. The summed E-state index contributed by atoms with van der Waals surface area (Å²) in [5.74, 6) is 0.816. The molecule has 1 saturated carbocycles. The number of rotatable bonds is 2. The normalized spacial score (nSPS) is 27.5. The molecule has 148 valence electrons.